The van der Waals surface area contributed by atoms with E-state index in [2.05, 4.69) is 0 Å². The molecule has 0 saturated heterocycles. The molecule has 0 bridgehead atoms. The molecule has 0 nitrogen and oxygen atoms in total. The molecule has 0 spiro atoms. The van der Waals surface area contributed by atoms with Crippen LogP contribution in [0.2, 0.25) is 0 Å². The number of hydrogen-bond donors (Lipinski definition) is 0. The zero-order valence-electron chi connectivity index (χ0n) is 1.70. The first-order chi connectivity index (χ1) is 0. The van der Waals surface area contributed by atoms with E-state index in [1.165, 1.54) is 0 Å². The Hall–Kier alpha value is 2.48. The minimum Gasteiger partial charge on any atom is 0 e. The van der Waals surface area contributed by atoms with Crippen molar-refractivity contribution in [2.45, 2.75) is 0 Å². The van der Waals surface area contributed by atoms with Gasteiger partial charge in [0.2, 0.25) is 0 Å². The Balaban J connectivity index is 0. The minimum absolute atomic E-state index is 0. The van der Waals surface area contributed by atoms with Gasteiger partial charge in [0, 0.05) is 78.0 Å². The SMILES string of the molecule is [Al].[Au].[Ni].[Ti]. The molecule has 0 aliphatic heterocycles. The molecular formula is AlAuNiTi. The van der Waals surface area contributed by atoms with Gasteiger partial charge in [-0.25, -0.2) is 0 Å². The van der Waals surface area contributed by atoms with Gasteiger partial charge in [-0.05, 0) is 0 Å². The van der Waals surface area contributed by atoms with Crippen molar-refractivity contribution in [1.29, 1.82) is 0 Å². The molecule has 4 heteroatoms. The van der Waals surface area contributed by atoms with Crippen molar-refractivity contribution < 1.29 is 60.6 Å². The predicted octanol–water partition coefficient (Wildman–Crippen LogP) is -0.388. The van der Waals surface area contributed by atoms with Gasteiger partial charge in [-0.15, -0.1) is 0 Å². The van der Waals surface area contributed by atoms with Crippen LogP contribution in [0.15, 0.2) is 0 Å². The van der Waals surface area contributed by atoms with Crippen molar-refractivity contribution in [3.63, 3.8) is 0 Å². The van der Waals surface area contributed by atoms with Crippen LogP contribution in [-0.2, 0) is 60.6 Å². The molecule has 0 aromatic rings. The molecule has 0 aliphatic rings. The normalized spacial score (nSPS) is 0. The monoisotopic (exact) mass is 330 g/mol. The zero-order chi connectivity index (χ0) is 0. The predicted molar refractivity (Wildman–Crippen MR) is 5.75 cm³/mol. The fraction of sp³-hybridized carbons (Fsp3) is 0. The van der Waals surface area contributed by atoms with Crippen LogP contribution in [0.4, 0.5) is 0 Å². The first-order valence-corrected chi connectivity index (χ1v) is 0. The van der Waals surface area contributed by atoms with E-state index in [9.17, 15) is 0 Å². The maximum absolute atomic E-state index is 0. The van der Waals surface area contributed by atoms with Gasteiger partial charge >= 0.3 is 0 Å². The summed E-state index contributed by atoms with van der Waals surface area (Å²) in [4.78, 5) is 0. The molecular weight excluding hydrogens is 331 g/mol. The maximum atomic E-state index is 0. The summed E-state index contributed by atoms with van der Waals surface area (Å²) in [6.07, 6.45) is 0. The number of rotatable bonds is 0. The van der Waals surface area contributed by atoms with E-state index in [1.54, 1.807) is 0 Å². The van der Waals surface area contributed by atoms with E-state index in [1.807, 2.05) is 0 Å². The summed E-state index contributed by atoms with van der Waals surface area (Å²) in [7, 11) is 0. The molecule has 4 radical (unpaired) electrons. The average Bonchev–Trinajstić information content (AvgIpc) is 0. The molecule has 0 aromatic carbocycles. The Labute approximate surface area is 76.9 Å². The van der Waals surface area contributed by atoms with Crippen molar-refractivity contribution in [2.75, 3.05) is 0 Å². The van der Waals surface area contributed by atoms with Gasteiger partial charge in [0.25, 0.3) is 0 Å². The molecule has 0 aliphatic carbocycles. The Morgan fingerprint density at radius 3 is 1.00 bits per heavy atom. The topological polar surface area (TPSA) is 0 Å². The van der Waals surface area contributed by atoms with Crippen LogP contribution in [0, 0.1) is 0 Å². The standard InChI is InChI=1S/Al.Au.Ni.Ti. The van der Waals surface area contributed by atoms with Gasteiger partial charge < -0.3 is 0 Å². The van der Waals surface area contributed by atoms with Crippen LogP contribution in [0.3, 0.4) is 0 Å². The molecule has 0 unspecified atom stereocenters. The van der Waals surface area contributed by atoms with Gasteiger partial charge in [0.1, 0.15) is 0 Å². The second-order valence-corrected chi connectivity index (χ2v) is 0. The first kappa shape index (κ1) is 31.6. The van der Waals surface area contributed by atoms with Crippen LogP contribution in [0.25, 0.3) is 0 Å². The Bertz CT molecular complexity index is 8.00. The quantitative estimate of drug-likeness (QED) is 0.531. The minimum atomic E-state index is 0. The summed E-state index contributed by atoms with van der Waals surface area (Å²) < 4.78 is 0. The van der Waals surface area contributed by atoms with Crippen molar-refractivity contribution in [2.24, 2.45) is 0 Å². The van der Waals surface area contributed by atoms with E-state index < -0.39 is 0 Å². The smallest absolute Gasteiger partial charge is 0 e. The zero-order valence-corrected chi connectivity index (χ0v) is 7.57. The van der Waals surface area contributed by atoms with Crippen molar-refractivity contribution in [1.82, 2.24) is 0 Å². The van der Waals surface area contributed by atoms with Crippen LogP contribution < -0.4 is 0 Å². The van der Waals surface area contributed by atoms with E-state index in [0.29, 0.717) is 0 Å². The fourth-order valence-electron chi connectivity index (χ4n) is 0. The van der Waals surface area contributed by atoms with Gasteiger partial charge in [-0.2, -0.15) is 0 Å². The average molecular weight is 331 g/mol. The second-order valence-electron chi connectivity index (χ2n) is 0. The summed E-state index contributed by atoms with van der Waals surface area (Å²) in [5.41, 5.74) is 0. The molecule has 0 fully saturated rings. The van der Waals surface area contributed by atoms with Crippen LogP contribution in [-0.4, -0.2) is 17.4 Å². The third-order valence-electron chi connectivity index (χ3n) is 0. The third-order valence-corrected chi connectivity index (χ3v) is 0. The van der Waals surface area contributed by atoms with Crippen molar-refractivity contribution in [3.05, 3.63) is 0 Å². The molecule has 0 saturated carbocycles. The molecule has 0 amide bonds. The Morgan fingerprint density at radius 1 is 1.00 bits per heavy atom. The van der Waals surface area contributed by atoms with Gasteiger partial charge in [0.05, 0.1) is 0 Å². The van der Waals surface area contributed by atoms with E-state index >= 15 is 0 Å². The van der Waals surface area contributed by atoms with Crippen molar-refractivity contribution >= 4 is 17.4 Å². The summed E-state index contributed by atoms with van der Waals surface area (Å²) in [5, 5.41) is 0. The van der Waals surface area contributed by atoms with Gasteiger partial charge in [0.15, 0.2) is 0 Å². The van der Waals surface area contributed by atoms with E-state index in [-0.39, 0.29) is 78.0 Å². The summed E-state index contributed by atoms with van der Waals surface area (Å²) in [6, 6.07) is 0. The maximum Gasteiger partial charge on any atom is 0 e. The third kappa shape index (κ3) is 8.82. The van der Waals surface area contributed by atoms with Crippen LogP contribution >= 0.6 is 0 Å². The van der Waals surface area contributed by atoms with Gasteiger partial charge in [-0.1, -0.05) is 0 Å². The molecule has 0 aromatic heterocycles. The molecule has 4 heavy (non-hydrogen) atoms. The molecule has 0 heterocycles. The Kier molecular flexibility index (Phi) is 141. The summed E-state index contributed by atoms with van der Waals surface area (Å²) in [5.74, 6) is 0. The Morgan fingerprint density at radius 2 is 1.00 bits per heavy atom. The van der Waals surface area contributed by atoms with Gasteiger partial charge in [-0.3, -0.25) is 0 Å². The summed E-state index contributed by atoms with van der Waals surface area (Å²) in [6.45, 7) is 0. The summed E-state index contributed by atoms with van der Waals surface area (Å²) >= 11 is 0. The molecule has 0 rings (SSSR count). The second kappa shape index (κ2) is 17.9. The molecule has 0 atom stereocenters. The number of hydrogen-bond acceptors (Lipinski definition) is 0. The first-order valence-electron chi connectivity index (χ1n) is 0. The fourth-order valence-corrected chi connectivity index (χ4v) is 0. The van der Waals surface area contributed by atoms with Crippen LogP contribution in [0.5, 0.6) is 0 Å². The van der Waals surface area contributed by atoms with E-state index in [4.69, 9.17) is 0 Å². The van der Waals surface area contributed by atoms with Crippen LogP contribution in [0.1, 0.15) is 0 Å². The molecule has 28 valence electrons. The molecule has 0 N–H and O–H groups in total. The largest absolute Gasteiger partial charge is 0 e. The van der Waals surface area contributed by atoms with E-state index in [0.717, 1.165) is 0 Å². The van der Waals surface area contributed by atoms with Crippen molar-refractivity contribution in [3.8, 4) is 0 Å².